The van der Waals surface area contributed by atoms with Gasteiger partial charge in [-0.1, -0.05) is 53.4 Å². The summed E-state index contributed by atoms with van der Waals surface area (Å²) >= 11 is 0. The normalized spacial score (nSPS) is 11.2. The minimum atomic E-state index is -4.64. The Morgan fingerprint density at radius 2 is 1.02 bits per heavy atom. The second-order valence-corrected chi connectivity index (χ2v) is 11.0. The molecule has 0 aliphatic carbocycles. The fraction of sp³-hybridized carbons (Fsp3) is 0.714. The summed E-state index contributed by atoms with van der Waals surface area (Å²) in [7, 11) is -4.64. The third-order valence-electron chi connectivity index (χ3n) is 6.11. The van der Waals surface area contributed by atoms with E-state index in [4.69, 9.17) is 25.0 Å². The maximum Gasteiger partial charge on any atom is 0.335 e. The molecule has 5 N–H and O–H groups in total. The molecule has 0 aliphatic rings. The number of carboxylic acid groups (broad SMARTS) is 2. The molecule has 0 aromatic heterocycles. The van der Waals surface area contributed by atoms with Crippen molar-refractivity contribution in [3.8, 4) is 0 Å². The Morgan fingerprint density at radius 1 is 0.700 bits per heavy atom. The lowest BCUT2D eigenvalue weighted by Gasteiger charge is -2.39. The van der Waals surface area contributed by atoms with Gasteiger partial charge in [0.1, 0.15) is 0 Å². The fourth-order valence-corrected chi connectivity index (χ4v) is 4.42. The van der Waals surface area contributed by atoms with Crippen LogP contribution in [0.4, 0.5) is 0 Å². The smallest absolute Gasteiger partial charge is 0.335 e. The second-order valence-electron chi connectivity index (χ2n) is 9.54. The Morgan fingerprint density at radius 3 is 1.25 bits per heavy atom. The van der Waals surface area contributed by atoms with Crippen LogP contribution in [0, 0.1) is 0 Å². The number of aliphatic hydroxyl groups is 2. The van der Waals surface area contributed by atoms with Crippen LogP contribution < -0.4 is 0 Å². The quantitative estimate of drug-likeness (QED) is 0.0880. The molecule has 0 bridgehead atoms. The summed E-state index contributed by atoms with van der Waals surface area (Å²) in [6.45, 7) is 15.7. The maximum atomic E-state index is 10.8. The molecule has 12 heteroatoms. The van der Waals surface area contributed by atoms with Gasteiger partial charge in [-0.25, -0.2) is 9.59 Å². The number of hydrogen-bond acceptors (Lipinski definition) is 7. The largest absolute Gasteiger partial charge is 0.478 e. The average Bonchev–Trinajstić information content (AvgIpc) is 2.92. The van der Waals surface area contributed by atoms with Crippen molar-refractivity contribution < 1.29 is 52.2 Å². The van der Waals surface area contributed by atoms with Crippen molar-refractivity contribution in [1.29, 1.82) is 0 Å². The van der Waals surface area contributed by atoms with Gasteiger partial charge >= 0.3 is 11.9 Å². The third-order valence-corrected chi connectivity index (χ3v) is 6.94. The topological polar surface area (TPSA) is 179 Å². The molecule has 1 aromatic carbocycles. The van der Waals surface area contributed by atoms with Crippen molar-refractivity contribution in [2.45, 2.75) is 84.0 Å². The molecule has 11 nitrogen and oxygen atoms in total. The highest BCUT2D eigenvalue weighted by atomic mass is 32.2. The van der Waals surface area contributed by atoms with Gasteiger partial charge in [0.15, 0.2) is 0 Å². The fourth-order valence-electron chi connectivity index (χ4n) is 3.87. The number of benzene rings is 1. The number of carbonyl (C=O) groups is 2. The number of quaternary nitrogens is 1. The first-order chi connectivity index (χ1) is 18.9. The van der Waals surface area contributed by atoms with E-state index in [-0.39, 0.29) is 13.2 Å². The van der Waals surface area contributed by atoms with E-state index in [1.807, 2.05) is 0 Å². The summed E-state index contributed by atoms with van der Waals surface area (Å²) in [5, 5.41) is 33.4. The van der Waals surface area contributed by atoms with Gasteiger partial charge in [0.2, 0.25) is 0 Å². The standard InChI is InChI=1S/C16H36N.C8H6O7S.C4H10O3/c1-5-9-13-17(14-10-6-2,15-11-7-3)16-12-8-4;9-7(10)4-1-5(8(11)12)3-6(2-4)16(13,14)15;5-1-3-7-4-2-6/h5-16H2,1-4H3;1-3H,(H,9,10)(H,11,12)(H,13,14,15);5-6H,1-4H2/q+1;;. The van der Waals surface area contributed by atoms with Gasteiger partial charge in [-0.05, 0) is 43.9 Å². The molecule has 0 radical (unpaired) electrons. The molecule has 0 amide bonds. The first-order valence-corrected chi connectivity index (χ1v) is 15.6. The van der Waals surface area contributed by atoms with E-state index in [1.54, 1.807) is 0 Å². The molecule has 40 heavy (non-hydrogen) atoms. The van der Waals surface area contributed by atoms with E-state index in [2.05, 4.69) is 32.4 Å². The number of unbranched alkanes of at least 4 members (excludes halogenated alkanes) is 4. The highest BCUT2D eigenvalue weighted by Crippen LogP contribution is 2.17. The predicted molar refractivity (Wildman–Crippen MR) is 155 cm³/mol. The summed E-state index contributed by atoms with van der Waals surface area (Å²) < 4.78 is 36.2. The molecular formula is C28H52NO10S+. The van der Waals surface area contributed by atoms with Crippen molar-refractivity contribution >= 4 is 22.1 Å². The zero-order valence-corrected chi connectivity index (χ0v) is 25.5. The van der Waals surface area contributed by atoms with Gasteiger partial charge in [-0.3, -0.25) is 4.55 Å². The minimum Gasteiger partial charge on any atom is -0.478 e. The molecule has 0 atom stereocenters. The zero-order chi connectivity index (χ0) is 31.0. The SMILES string of the molecule is CCCC[N+](CCCC)(CCCC)CCCC.O=C(O)c1cc(C(=O)O)cc(S(=O)(=O)O)c1.OCCOCCO. The summed E-state index contributed by atoms with van der Waals surface area (Å²) in [5.41, 5.74) is -1.07. The first kappa shape index (κ1) is 40.1. The van der Waals surface area contributed by atoms with Crippen LogP contribution in [0.3, 0.4) is 0 Å². The molecule has 0 saturated heterocycles. The number of rotatable bonds is 19. The number of nitrogens with zero attached hydrogens (tertiary/aromatic N) is 1. The van der Waals surface area contributed by atoms with E-state index in [0.29, 0.717) is 25.3 Å². The molecule has 0 aliphatic heterocycles. The van der Waals surface area contributed by atoms with Gasteiger partial charge < -0.3 is 29.6 Å². The zero-order valence-electron chi connectivity index (χ0n) is 24.7. The third kappa shape index (κ3) is 19.1. The number of carboxylic acids is 2. The highest BCUT2D eigenvalue weighted by molar-refractivity contribution is 7.85. The summed E-state index contributed by atoms with van der Waals surface area (Å²) in [6.07, 6.45) is 11.1. The van der Waals surface area contributed by atoms with Crippen LogP contribution in [-0.2, 0) is 14.9 Å². The molecule has 0 heterocycles. The first-order valence-electron chi connectivity index (χ1n) is 14.1. The highest BCUT2D eigenvalue weighted by Gasteiger charge is 2.24. The summed E-state index contributed by atoms with van der Waals surface area (Å²) in [6, 6.07) is 2.13. The lowest BCUT2D eigenvalue weighted by molar-refractivity contribution is -0.929. The minimum absolute atomic E-state index is 0.0278. The molecule has 0 spiro atoms. The lowest BCUT2D eigenvalue weighted by atomic mass is 10.1. The maximum absolute atomic E-state index is 10.8. The van der Waals surface area contributed by atoms with Crippen LogP contribution in [0.15, 0.2) is 23.1 Å². The van der Waals surface area contributed by atoms with E-state index >= 15 is 0 Å². The van der Waals surface area contributed by atoms with Gasteiger partial charge in [0, 0.05) is 0 Å². The molecule has 234 valence electrons. The van der Waals surface area contributed by atoms with Crippen LogP contribution in [0.2, 0.25) is 0 Å². The number of ether oxygens (including phenoxy) is 1. The summed E-state index contributed by atoms with van der Waals surface area (Å²) in [4.78, 5) is 20.4. The van der Waals surface area contributed by atoms with Crippen LogP contribution in [0.25, 0.3) is 0 Å². The van der Waals surface area contributed by atoms with E-state index in [1.165, 1.54) is 82.0 Å². The van der Waals surface area contributed by atoms with Crippen molar-refractivity contribution in [3.63, 3.8) is 0 Å². The number of hydrogen-bond donors (Lipinski definition) is 5. The average molecular weight is 595 g/mol. The molecule has 0 unspecified atom stereocenters. The molecule has 0 saturated carbocycles. The predicted octanol–water partition coefficient (Wildman–Crippen LogP) is 4.32. The van der Waals surface area contributed by atoms with Gasteiger partial charge in [0.25, 0.3) is 10.1 Å². The summed E-state index contributed by atoms with van der Waals surface area (Å²) in [5.74, 6) is -2.99. The van der Waals surface area contributed by atoms with E-state index < -0.39 is 38.1 Å². The Labute approximate surface area is 240 Å². The monoisotopic (exact) mass is 594 g/mol. The van der Waals surface area contributed by atoms with Crippen LogP contribution in [0.5, 0.6) is 0 Å². The number of aliphatic hydroxyl groups excluding tert-OH is 2. The van der Waals surface area contributed by atoms with Crippen molar-refractivity contribution in [3.05, 3.63) is 29.3 Å². The Kier molecular flexibility index (Phi) is 23.6. The van der Waals surface area contributed by atoms with Crippen molar-refractivity contribution in [2.75, 3.05) is 52.6 Å². The Bertz CT molecular complexity index is 848. The lowest BCUT2D eigenvalue weighted by Crippen LogP contribution is -2.50. The molecule has 1 rings (SSSR count). The van der Waals surface area contributed by atoms with Crippen molar-refractivity contribution in [2.24, 2.45) is 0 Å². The van der Waals surface area contributed by atoms with Crippen LogP contribution in [-0.4, -0.2) is 102 Å². The second kappa shape index (κ2) is 23.6. The van der Waals surface area contributed by atoms with E-state index in [9.17, 15) is 18.0 Å². The van der Waals surface area contributed by atoms with E-state index in [0.717, 1.165) is 6.07 Å². The Balaban J connectivity index is 0. The van der Waals surface area contributed by atoms with Crippen LogP contribution >= 0.6 is 0 Å². The molecule has 0 fully saturated rings. The van der Waals surface area contributed by atoms with Crippen molar-refractivity contribution in [1.82, 2.24) is 0 Å². The number of aromatic carboxylic acids is 2. The molecule has 1 aromatic rings. The van der Waals surface area contributed by atoms with Gasteiger partial charge in [-0.15, -0.1) is 0 Å². The van der Waals surface area contributed by atoms with Gasteiger partial charge in [-0.2, -0.15) is 8.42 Å². The van der Waals surface area contributed by atoms with Gasteiger partial charge in [0.05, 0.1) is 68.6 Å². The Hall–Kier alpha value is -2.09. The molecular weight excluding hydrogens is 542 g/mol. The van der Waals surface area contributed by atoms with Crippen LogP contribution in [0.1, 0.15) is 99.8 Å².